The van der Waals surface area contributed by atoms with Crippen LogP contribution >= 0.6 is 0 Å². The maximum atomic E-state index is 2.99. The number of fused-ring (bicyclic) bond motifs is 5. The summed E-state index contributed by atoms with van der Waals surface area (Å²) in [6, 6.07) is 23.9. The van der Waals surface area contributed by atoms with Crippen molar-refractivity contribution >= 4 is 35.5 Å². The van der Waals surface area contributed by atoms with E-state index in [0.717, 1.165) is 18.3 Å². The third-order valence-electron chi connectivity index (χ3n) is 5.42. The third-order valence-corrected chi connectivity index (χ3v) is 6.42. The van der Waals surface area contributed by atoms with Crippen molar-refractivity contribution in [3.05, 3.63) is 91.0 Å². The molecule has 3 heteroatoms. The predicted molar refractivity (Wildman–Crippen MR) is 140 cm³/mol. The molecule has 0 aromatic heterocycles. The molecule has 0 fully saturated rings. The Hall–Kier alpha value is -1.40. The predicted octanol–water partition coefficient (Wildman–Crippen LogP) is 2.98. The van der Waals surface area contributed by atoms with Gasteiger partial charge in [0.15, 0.2) is 0 Å². The Morgan fingerprint density at radius 3 is 2.00 bits per heavy atom. The van der Waals surface area contributed by atoms with Gasteiger partial charge in [0, 0.05) is 0 Å². The molecule has 0 saturated heterocycles. The van der Waals surface area contributed by atoms with Crippen molar-refractivity contribution in [3.63, 3.8) is 0 Å². The number of rotatable bonds is 4. The normalized spacial score (nSPS) is 11.6. The van der Waals surface area contributed by atoms with E-state index in [-0.39, 0.29) is 24.8 Å². The summed E-state index contributed by atoms with van der Waals surface area (Å²) in [4.78, 5) is 0. The van der Waals surface area contributed by atoms with Gasteiger partial charge < -0.3 is 24.8 Å². The smallest absolute Gasteiger partial charge is 0.0520 e. The average molecular weight is 569 g/mol. The first-order chi connectivity index (χ1) is 15.5. The zero-order chi connectivity index (χ0) is 22.9. The second-order valence-electron chi connectivity index (χ2n) is 9.28. The first kappa shape index (κ1) is 30.6. The van der Waals surface area contributed by atoms with E-state index in [9.17, 15) is 0 Å². The molecule has 0 spiro atoms. The number of hydrogen-bond acceptors (Lipinski definition) is 0. The van der Waals surface area contributed by atoms with Crippen LogP contribution in [0.5, 0.6) is 0 Å². The van der Waals surface area contributed by atoms with E-state index in [0.29, 0.717) is 0 Å². The second kappa shape index (κ2) is 15.6. The summed E-state index contributed by atoms with van der Waals surface area (Å²) in [5.41, 5.74) is 0. The summed E-state index contributed by atoms with van der Waals surface area (Å²) < 4.78 is 1.75. The monoisotopic (exact) mass is 566 g/mol. The molecule has 0 saturated carbocycles. The molecular formula is C31H34Cl2Zr-2. The molecule has 0 nitrogen and oxygen atoms in total. The van der Waals surface area contributed by atoms with Gasteiger partial charge in [0.1, 0.15) is 0 Å². The Morgan fingerprint density at radius 2 is 1.44 bits per heavy atom. The topological polar surface area (TPSA) is 0 Å². The van der Waals surface area contributed by atoms with Gasteiger partial charge in [-0.05, 0) is 0 Å². The Balaban J connectivity index is 0.000000293. The largest absolute Gasteiger partial charge is 1.00 e. The van der Waals surface area contributed by atoms with E-state index >= 15 is 0 Å². The summed E-state index contributed by atoms with van der Waals surface area (Å²) in [5.74, 6) is 1.71. The van der Waals surface area contributed by atoms with Crippen molar-refractivity contribution in [1.29, 1.82) is 0 Å². The van der Waals surface area contributed by atoms with Gasteiger partial charge in [0.05, 0.1) is 0 Å². The van der Waals surface area contributed by atoms with Crippen LogP contribution < -0.4 is 24.8 Å². The van der Waals surface area contributed by atoms with Crippen LogP contribution in [-0.2, 0) is 24.2 Å². The minimum atomic E-state index is 0. The fourth-order valence-corrected chi connectivity index (χ4v) is 6.13. The molecule has 0 amide bonds. The maximum Gasteiger partial charge on any atom is -0.0520 e. The van der Waals surface area contributed by atoms with Crippen molar-refractivity contribution in [2.75, 3.05) is 0 Å². The summed E-state index contributed by atoms with van der Waals surface area (Å²) in [6.45, 7) is 9.18. The molecule has 0 radical (unpaired) electrons. The SMILES string of the molecule is CC(C)C[C](=[Zr+2])CC(C)C.[C-]1=CC=CC1.[Cl-].[Cl-].c1ccc2c(c1)ccc1c3ccccc3[cH-]c21. The average Bonchev–Trinajstić information content (AvgIpc) is 3.45. The van der Waals surface area contributed by atoms with Crippen LogP contribution in [0.2, 0.25) is 0 Å². The molecule has 0 bridgehead atoms. The second-order valence-corrected chi connectivity index (χ2v) is 11.0. The molecule has 34 heavy (non-hydrogen) atoms. The maximum absolute atomic E-state index is 2.99. The van der Waals surface area contributed by atoms with E-state index in [1.54, 1.807) is 27.4 Å². The Morgan fingerprint density at radius 1 is 0.824 bits per heavy atom. The number of halogens is 2. The molecule has 178 valence electrons. The van der Waals surface area contributed by atoms with Gasteiger partial charge in [-0.3, -0.25) is 6.08 Å². The summed E-state index contributed by atoms with van der Waals surface area (Å²) in [5, 5.41) is 8.08. The first-order valence-electron chi connectivity index (χ1n) is 11.7. The van der Waals surface area contributed by atoms with E-state index < -0.39 is 0 Å². The Labute approximate surface area is 233 Å². The van der Waals surface area contributed by atoms with Crippen LogP contribution in [0, 0.1) is 17.9 Å². The van der Waals surface area contributed by atoms with Crippen LogP contribution in [-0.4, -0.2) is 3.21 Å². The van der Waals surface area contributed by atoms with E-state index in [1.807, 2.05) is 12.2 Å². The van der Waals surface area contributed by atoms with E-state index in [4.69, 9.17) is 0 Å². The Kier molecular flexibility index (Phi) is 14.0. The molecule has 0 heterocycles. The fraction of sp³-hybridized carbons (Fsp3) is 0.290. The minimum absolute atomic E-state index is 0. The van der Waals surface area contributed by atoms with Gasteiger partial charge in [-0.1, -0.05) is 65.4 Å². The van der Waals surface area contributed by atoms with Crippen molar-refractivity contribution in [2.24, 2.45) is 11.8 Å². The molecular weight excluding hydrogens is 534 g/mol. The number of hydrogen-bond donors (Lipinski definition) is 0. The van der Waals surface area contributed by atoms with Gasteiger partial charge in [-0.15, -0.1) is 40.1 Å². The molecule has 5 rings (SSSR count). The zero-order valence-corrected chi connectivity index (χ0v) is 24.6. The van der Waals surface area contributed by atoms with Gasteiger partial charge >= 0.3 is 79.8 Å². The van der Waals surface area contributed by atoms with Crippen LogP contribution in [0.15, 0.2) is 85.0 Å². The zero-order valence-electron chi connectivity index (χ0n) is 20.6. The first-order valence-corrected chi connectivity index (χ1v) is 12.9. The Bertz CT molecular complexity index is 1210. The molecule has 1 aliphatic rings. The molecule has 4 aromatic carbocycles. The fourth-order valence-electron chi connectivity index (χ4n) is 4.12. The van der Waals surface area contributed by atoms with E-state index in [1.165, 1.54) is 45.2 Å². The molecule has 4 aromatic rings. The molecule has 0 atom stereocenters. The quantitative estimate of drug-likeness (QED) is 0.332. The third kappa shape index (κ3) is 9.00. The van der Waals surface area contributed by atoms with Gasteiger partial charge in [0.2, 0.25) is 0 Å². The molecule has 1 aliphatic carbocycles. The van der Waals surface area contributed by atoms with Crippen molar-refractivity contribution in [1.82, 2.24) is 0 Å². The van der Waals surface area contributed by atoms with Crippen LogP contribution in [0.25, 0.3) is 32.3 Å². The van der Waals surface area contributed by atoms with Gasteiger partial charge in [-0.2, -0.15) is 6.08 Å². The summed E-state index contributed by atoms with van der Waals surface area (Å²) in [6.07, 6.45) is 12.7. The minimum Gasteiger partial charge on any atom is -1.00 e. The molecule has 0 N–H and O–H groups in total. The molecule has 0 unspecified atom stereocenters. The van der Waals surface area contributed by atoms with Crippen LogP contribution in [0.4, 0.5) is 0 Å². The van der Waals surface area contributed by atoms with Gasteiger partial charge in [0.25, 0.3) is 0 Å². The van der Waals surface area contributed by atoms with Crippen molar-refractivity contribution in [3.8, 4) is 0 Å². The summed E-state index contributed by atoms with van der Waals surface area (Å²) >= 11 is 1.65. The van der Waals surface area contributed by atoms with Crippen molar-refractivity contribution < 1.29 is 49.0 Å². The summed E-state index contributed by atoms with van der Waals surface area (Å²) in [7, 11) is 0. The number of benzene rings is 3. The van der Waals surface area contributed by atoms with Gasteiger partial charge in [-0.25, -0.2) is 12.2 Å². The van der Waals surface area contributed by atoms with E-state index in [2.05, 4.69) is 107 Å². The van der Waals surface area contributed by atoms with Crippen LogP contribution in [0.1, 0.15) is 47.0 Å². The molecule has 0 aliphatic heterocycles. The van der Waals surface area contributed by atoms with Crippen molar-refractivity contribution in [2.45, 2.75) is 47.0 Å². The number of allylic oxidation sites excluding steroid dienone is 4. The van der Waals surface area contributed by atoms with Crippen LogP contribution in [0.3, 0.4) is 0 Å². The standard InChI is InChI=1S/C17H11.C9H18.C5H5.2ClH.Zr/c1-3-7-14-12(5-1)9-10-16-15-8-4-2-6-13(15)11-17(14)16;1-8(2)6-5-7-9(3)4;1-2-4-5-3-1;;;/h1-11H;8-9H,6-7H2,1-4H3;1-3H,4H2;2*1H;/q-1;;-1;;;+2/p-2.